The Bertz CT molecular complexity index is 1210. The number of benzene rings is 2. The van der Waals surface area contributed by atoms with Crippen LogP contribution >= 0.6 is 11.6 Å². The smallest absolute Gasteiger partial charge is 0.316 e. The highest BCUT2D eigenvalue weighted by molar-refractivity contribution is 6.30. The summed E-state index contributed by atoms with van der Waals surface area (Å²) in [4.78, 5) is 54.2. The standard InChI is InChI=1S/C27H27ClN2O5/c1-15-3-9-21-22(11-15)26(33)30(25(21)32)23-10-8-20(12-16(23)2)35-27(34)17-13-24(31)29(14-17)19-6-4-18(28)5-7-19/h4-8,10,12,15,17,21-22H,3,9,11,13-14H2,1-2H3/t15-,17+,21+,22+/m0/s1. The minimum atomic E-state index is -0.593. The highest BCUT2D eigenvalue weighted by Crippen LogP contribution is 2.43. The van der Waals surface area contributed by atoms with Crippen LogP contribution in [-0.4, -0.2) is 30.2 Å². The maximum atomic E-state index is 13.1. The van der Waals surface area contributed by atoms with Crippen LogP contribution in [0.2, 0.25) is 5.02 Å². The number of imide groups is 1. The van der Waals surface area contributed by atoms with Crippen molar-refractivity contribution in [3.63, 3.8) is 0 Å². The summed E-state index contributed by atoms with van der Waals surface area (Å²) in [5.74, 6) is -1.22. The van der Waals surface area contributed by atoms with Crippen LogP contribution in [0.1, 0.15) is 38.2 Å². The van der Waals surface area contributed by atoms with Gasteiger partial charge in [-0.25, -0.2) is 4.90 Å². The van der Waals surface area contributed by atoms with Crippen LogP contribution < -0.4 is 14.5 Å². The number of aryl methyl sites for hydroxylation is 1. The normalized spacial score (nSPS) is 26.3. The number of amides is 3. The molecule has 182 valence electrons. The zero-order chi connectivity index (χ0) is 24.9. The van der Waals surface area contributed by atoms with Gasteiger partial charge in [0.25, 0.3) is 0 Å². The lowest BCUT2D eigenvalue weighted by atomic mass is 9.76. The number of carbonyl (C=O) groups excluding carboxylic acids is 4. The van der Waals surface area contributed by atoms with Crippen molar-refractivity contribution >= 4 is 46.7 Å². The van der Waals surface area contributed by atoms with E-state index in [4.69, 9.17) is 16.3 Å². The molecule has 2 aliphatic heterocycles. The van der Waals surface area contributed by atoms with Crippen molar-refractivity contribution < 1.29 is 23.9 Å². The monoisotopic (exact) mass is 494 g/mol. The Balaban J connectivity index is 1.27. The molecular weight excluding hydrogens is 468 g/mol. The number of esters is 1. The van der Waals surface area contributed by atoms with Crippen molar-refractivity contribution in [2.45, 2.75) is 39.5 Å². The molecular formula is C27H27ClN2O5. The van der Waals surface area contributed by atoms with Gasteiger partial charge in [0.2, 0.25) is 17.7 Å². The minimum Gasteiger partial charge on any atom is -0.426 e. The van der Waals surface area contributed by atoms with Gasteiger partial charge in [0.1, 0.15) is 5.75 Å². The summed E-state index contributed by atoms with van der Waals surface area (Å²) >= 11 is 5.93. The van der Waals surface area contributed by atoms with Crippen molar-refractivity contribution in [1.29, 1.82) is 0 Å². The molecule has 5 rings (SSSR count). The second kappa shape index (κ2) is 9.11. The van der Waals surface area contributed by atoms with Gasteiger partial charge in [-0.3, -0.25) is 19.2 Å². The van der Waals surface area contributed by atoms with Crippen molar-refractivity contribution in [2.24, 2.45) is 23.7 Å². The summed E-state index contributed by atoms with van der Waals surface area (Å²) < 4.78 is 5.58. The molecule has 2 aromatic rings. The Morgan fingerprint density at radius 1 is 1.00 bits per heavy atom. The van der Waals surface area contributed by atoms with E-state index in [9.17, 15) is 19.2 Å². The molecule has 3 amide bonds. The number of anilines is 2. The average Bonchev–Trinajstić information content (AvgIpc) is 3.32. The molecule has 3 aliphatic rings. The fourth-order valence-corrected chi connectivity index (χ4v) is 5.63. The minimum absolute atomic E-state index is 0.0660. The Kier molecular flexibility index (Phi) is 6.13. The number of fused-ring (bicyclic) bond motifs is 1. The van der Waals surface area contributed by atoms with Crippen LogP contribution in [0.25, 0.3) is 0 Å². The molecule has 0 radical (unpaired) electrons. The van der Waals surface area contributed by atoms with Gasteiger partial charge in [-0.1, -0.05) is 18.5 Å². The third-order valence-corrected chi connectivity index (χ3v) is 7.66. The average molecular weight is 495 g/mol. The maximum absolute atomic E-state index is 13.1. The van der Waals surface area contributed by atoms with Crippen LogP contribution in [-0.2, 0) is 19.2 Å². The summed E-state index contributed by atoms with van der Waals surface area (Å²) in [5, 5.41) is 0.570. The number of rotatable bonds is 4. The number of hydrogen-bond acceptors (Lipinski definition) is 5. The molecule has 0 unspecified atom stereocenters. The number of halogens is 1. The first-order valence-electron chi connectivity index (χ1n) is 12.0. The van der Waals surface area contributed by atoms with Crippen LogP contribution in [0.5, 0.6) is 5.75 Å². The molecule has 2 saturated heterocycles. The van der Waals surface area contributed by atoms with E-state index in [1.54, 1.807) is 54.3 Å². The predicted molar refractivity (Wildman–Crippen MR) is 131 cm³/mol. The summed E-state index contributed by atoms with van der Waals surface area (Å²) in [6, 6.07) is 11.8. The van der Waals surface area contributed by atoms with E-state index in [1.807, 2.05) is 0 Å². The lowest BCUT2D eigenvalue weighted by Gasteiger charge is -2.25. The second-order valence-electron chi connectivity index (χ2n) is 9.89. The molecule has 0 N–H and O–H groups in total. The predicted octanol–water partition coefficient (Wildman–Crippen LogP) is 4.53. The first kappa shape index (κ1) is 23.5. The summed E-state index contributed by atoms with van der Waals surface area (Å²) in [5.41, 5.74) is 1.89. The topological polar surface area (TPSA) is 84.0 Å². The Labute approximate surface area is 209 Å². The van der Waals surface area contributed by atoms with Crippen LogP contribution in [0, 0.1) is 30.6 Å². The molecule has 35 heavy (non-hydrogen) atoms. The van der Waals surface area contributed by atoms with Gasteiger partial charge >= 0.3 is 5.97 Å². The van der Waals surface area contributed by atoms with Crippen molar-refractivity contribution in [3.05, 3.63) is 53.1 Å². The summed E-state index contributed by atoms with van der Waals surface area (Å²) in [7, 11) is 0. The van der Waals surface area contributed by atoms with E-state index in [-0.39, 0.29) is 42.5 Å². The van der Waals surface area contributed by atoms with Crippen LogP contribution in [0.4, 0.5) is 11.4 Å². The Morgan fingerprint density at radius 2 is 1.71 bits per heavy atom. The maximum Gasteiger partial charge on any atom is 0.316 e. The fraction of sp³-hybridized carbons (Fsp3) is 0.407. The third-order valence-electron chi connectivity index (χ3n) is 7.41. The second-order valence-corrected chi connectivity index (χ2v) is 10.3. The molecule has 0 aromatic heterocycles. The quantitative estimate of drug-likeness (QED) is 0.354. The first-order valence-corrected chi connectivity index (χ1v) is 12.4. The third kappa shape index (κ3) is 4.33. The van der Waals surface area contributed by atoms with E-state index in [0.29, 0.717) is 33.6 Å². The van der Waals surface area contributed by atoms with Crippen molar-refractivity contribution in [3.8, 4) is 5.75 Å². The highest BCUT2D eigenvalue weighted by Gasteiger charge is 2.50. The number of ether oxygens (including phenoxy) is 1. The van der Waals surface area contributed by atoms with Crippen LogP contribution in [0.15, 0.2) is 42.5 Å². The highest BCUT2D eigenvalue weighted by atomic mass is 35.5. The number of hydrogen-bond donors (Lipinski definition) is 0. The van der Waals surface area contributed by atoms with Gasteiger partial charge < -0.3 is 9.64 Å². The number of carbonyl (C=O) groups is 4. The van der Waals surface area contributed by atoms with Gasteiger partial charge in [0, 0.05) is 23.7 Å². The lowest BCUT2D eigenvalue weighted by molar-refractivity contribution is -0.139. The summed E-state index contributed by atoms with van der Waals surface area (Å²) in [6.45, 7) is 4.14. The first-order chi connectivity index (χ1) is 16.7. The molecule has 0 bridgehead atoms. The summed E-state index contributed by atoms with van der Waals surface area (Å²) in [6.07, 6.45) is 2.51. The van der Waals surface area contributed by atoms with Gasteiger partial charge in [0.15, 0.2) is 0 Å². The van der Waals surface area contributed by atoms with Gasteiger partial charge in [-0.15, -0.1) is 0 Å². The molecule has 3 fully saturated rings. The lowest BCUT2D eigenvalue weighted by Crippen LogP contribution is -2.31. The molecule has 1 saturated carbocycles. The van der Waals surface area contributed by atoms with E-state index < -0.39 is 11.9 Å². The van der Waals surface area contributed by atoms with E-state index >= 15 is 0 Å². The van der Waals surface area contributed by atoms with E-state index in [1.165, 1.54) is 4.90 Å². The van der Waals surface area contributed by atoms with Gasteiger partial charge in [0.05, 0.1) is 23.4 Å². The largest absolute Gasteiger partial charge is 0.426 e. The SMILES string of the molecule is Cc1cc(OC(=O)[C@@H]2CC(=O)N(c3ccc(Cl)cc3)C2)ccc1N1C(=O)[C@@H]2CC[C@H](C)C[C@H]2C1=O. The number of nitrogens with zero attached hydrogens (tertiary/aromatic N) is 2. The Morgan fingerprint density at radius 3 is 2.43 bits per heavy atom. The van der Waals surface area contributed by atoms with Crippen molar-refractivity contribution in [2.75, 3.05) is 16.3 Å². The molecule has 1 aliphatic carbocycles. The van der Waals surface area contributed by atoms with E-state index in [2.05, 4.69) is 6.92 Å². The molecule has 8 heteroatoms. The molecule has 0 spiro atoms. The zero-order valence-electron chi connectivity index (χ0n) is 19.7. The van der Waals surface area contributed by atoms with Crippen LogP contribution in [0.3, 0.4) is 0 Å². The van der Waals surface area contributed by atoms with E-state index in [0.717, 1.165) is 19.3 Å². The molecule has 4 atom stereocenters. The molecule has 7 nitrogen and oxygen atoms in total. The molecule has 2 aromatic carbocycles. The van der Waals surface area contributed by atoms with Gasteiger partial charge in [-0.2, -0.15) is 0 Å². The van der Waals surface area contributed by atoms with Gasteiger partial charge in [-0.05, 0) is 80.1 Å². The zero-order valence-corrected chi connectivity index (χ0v) is 20.5. The van der Waals surface area contributed by atoms with Crippen molar-refractivity contribution in [1.82, 2.24) is 0 Å². The fourth-order valence-electron chi connectivity index (χ4n) is 5.50. The Hall–Kier alpha value is -3.19. The molecule has 2 heterocycles.